The molecule has 0 fully saturated rings. The van der Waals surface area contributed by atoms with Gasteiger partial charge >= 0.3 is 50.9 Å². The van der Waals surface area contributed by atoms with Crippen LogP contribution in [0.2, 0.25) is 0 Å². The number of hydrogen-bond donors (Lipinski definition) is 1. The molecule has 1 N–H and O–H groups in total. The van der Waals surface area contributed by atoms with Crippen LogP contribution < -0.4 is 0 Å². The summed E-state index contributed by atoms with van der Waals surface area (Å²) in [4.78, 5) is 11.2. The molecule has 0 radical (unpaired) electrons. The Labute approximate surface area is 131 Å². The molecule has 0 heterocycles. The van der Waals surface area contributed by atoms with Crippen molar-refractivity contribution in [2.24, 2.45) is 0 Å². The first kappa shape index (κ1) is 18.5. The van der Waals surface area contributed by atoms with Crippen LogP contribution in [-0.4, -0.2) is 60.4 Å². The van der Waals surface area contributed by atoms with E-state index in [0.717, 1.165) is 0 Å². The van der Waals surface area contributed by atoms with Crippen LogP contribution in [0, 0.1) is 0 Å². The van der Waals surface area contributed by atoms with Gasteiger partial charge in [-0.05, 0) is 5.56 Å². The van der Waals surface area contributed by atoms with Gasteiger partial charge in [0.1, 0.15) is 0 Å². The molecule has 0 aliphatic rings. The Morgan fingerprint density at radius 2 is 1.79 bits per heavy atom. The van der Waals surface area contributed by atoms with E-state index in [4.69, 9.17) is 4.55 Å². The Hall–Kier alpha value is -0.540. The standard InChI is InChI=1S/C10H10F2O5S.Na.H/c11-10(12,18(14,15)16)7-17-9(13)6-8-4-2-1-3-5-8;;/h1-5H,6-7H2,(H,14,15,16);;. The fraction of sp³-hybridized carbons (Fsp3) is 0.300. The predicted octanol–water partition coefficient (Wildman–Crippen LogP) is 0.604. The van der Waals surface area contributed by atoms with Gasteiger partial charge in [-0.25, -0.2) is 0 Å². The molecule has 0 saturated heterocycles. The molecule has 5 nitrogen and oxygen atoms in total. The van der Waals surface area contributed by atoms with Crippen molar-refractivity contribution in [3.8, 4) is 0 Å². The van der Waals surface area contributed by atoms with Crippen molar-refractivity contribution >= 4 is 45.6 Å². The summed E-state index contributed by atoms with van der Waals surface area (Å²) in [6.07, 6.45) is -0.262. The normalized spacial score (nSPS) is 11.5. The second kappa shape index (κ2) is 7.30. The third kappa shape index (κ3) is 5.96. The molecule has 0 amide bonds. The van der Waals surface area contributed by atoms with E-state index in [2.05, 4.69) is 4.74 Å². The Kier molecular flexibility index (Phi) is 7.09. The summed E-state index contributed by atoms with van der Waals surface area (Å²) in [5.74, 6) is -1.01. The van der Waals surface area contributed by atoms with Gasteiger partial charge in [0.25, 0.3) is 0 Å². The third-order valence-electron chi connectivity index (χ3n) is 1.97. The van der Waals surface area contributed by atoms with Gasteiger partial charge in [0.2, 0.25) is 0 Å². The summed E-state index contributed by atoms with van der Waals surface area (Å²) in [6, 6.07) is 8.18. The van der Waals surface area contributed by atoms with Gasteiger partial charge in [-0.2, -0.15) is 17.2 Å². The summed E-state index contributed by atoms with van der Waals surface area (Å²) in [5.41, 5.74) is 0.540. The number of carbonyl (C=O) groups excluding carboxylic acids is 1. The quantitative estimate of drug-likeness (QED) is 0.489. The average Bonchev–Trinajstić information content (AvgIpc) is 2.26. The SMILES string of the molecule is O=C(Cc1ccccc1)OCC(F)(F)S(=O)(=O)O.[NaH]. The van der Waals surface area contributed by atoms with Gasteiger partial charge in [-0.3, -0.25) is 9.35 Å². The summed E-state index contributed by atoms with van der Waals surface area (Å²) in [6.45, 7) is -1.71. The zero-order valence-corrected chi connectivity index (χ0v) is 9.86. The maximum atomic E-state index is 12.7. The second-order valence-corrected chi connectivity index (χ2v) is 4.98. The minimum atomic E-state index is -5.58. The number of rotatable bonds is 5. The average molecular weight is 304 g/mol. The Balaban J connectivity index is 0.00000324. The van der Waals surface area contributed by atoms with Gasteiger partial charge in [0.05, 0.1) is 6.42 Å². The van der Waals surface area contributed by atoms with Gasteiger partial charge < -0.3 is 4.74 Å². The van der Waals surface area contributed by atoms with Crippen molar-refractivity contribution in [3.63, 3.8) is 0 Å². The van der Waals surface area contributed by atoms with Gasteiger partial charge in [0, 0.05) is 0 Å². The van der Waals surface area contributed by atoms with E-state index in [1.54, 1.807) is 30.3 Å². The van der Waals surface area contributed by atoms with Gasteiger partial charge in [-0.15, -0.1) is 0 Å². The van der Waals surface area contributed by atoms with Crippen LogP contribution in [0.5, 0.6) is 0 Å². The zero-order chi connectivity index (χ0) is 13.8. The molecule has 0 aliphatic heterocycles. The fourth-order valence-electron chi connectivity index (χ4n) is 1.05. The molecular formula is C10H11F2NaO5S. The van der Waals surface area contributed by atoms with Crippen LogP contribution >= 0.6 is 0 Å². The molecule has 1 rings (SSSR count). The molecule has 0 saturated carbocycles. The molecule has 1 aromatic rings. The number of esters is 1. The van der Waals surface area contributed by atoms with Crippen LogP contribution in [0.3, 0.4) is 0 Å². The number of alkyl halides is 2. The molecule has 19 heavy (non-hydrogen) atoms. The topological polar surface area (TPSA) is 80.7 Å². The Morgan fingerprint density at radius 3 is 2.26 bits per heavy atom. The summed E-state index contributed by atoms with van der Waals surface area (Å²) < 4.78 is 58.2. The van der Waals surface area contributed by atoms with E-state index in [9.17, 15) is 22.0 Å². The van der Waals surface area contributed by atoms with Crippen molar-refractivity contribution < 1.29 is 31.3 Å². The number of ether oxygens (including phenoxy) is 1. The van der Waals surface area contributed by atoms with Crippen LogP contribution in [0.4, 0.5) is 8.78 Å². The van der Waals surface area contributed by atoms with E-state index in [0.29, 0.717) is 5.56 Å². The van der Waals surface area contributed by atoms with Crippen LogP contribution in [0.1, 0.15) is 5.56 Å². The number of benzene rings is 1. The molecular weight excluding hydrogens is 293 g/mol. The van der Waals surface area contributed by atoms with Crippen molar-refractivity contribution in [2.75, 3.05) is 6.61 Å². The summed E-state index contributed by atoms with van der Waals surface area (Å²) in [7, 11) is -5.58. The molecule has 0 aliphatic carbocycles. The van der Waals surface area contributed by atoms with Crippen LogP contribution in [-0.2, 0) is 26.1 Å². The summed E-state index contributed by atoms with van der Waals surface area (Å²) in [5, 5.41) is -4.50. The molecule has 1 aromatic carbocycles. The van der Waals surface area contributed by atoms with E-state index < -0.39 is 27.9 Å². The first-order valence-electron chi connectivity index (χ1n) is 4.77. The van der Waals surface area contributed by atoms with E-state index >= 15 is 0 Å². The third-order valence-corrected chi connectivity index (χ3v) is 2.84. The van der Waals surface area contributed by atoms with Gasteiger partial charge in [-0.1, -0.05) is 30.3 Å². The van der Waals surface area contributed by atoms with Crippen LogP contribution in [0.15, 0.2) is 30.3 Å². The molecule has 0 spiro atoms. The first-order valence-corrected chi connectivity index (χ1v) is 6.21. The van der Waals surface area contributed by atoms with E-state index in [1.807, 2.05) is 0 Å². The number of hydrogen-bond acceptors (Lipinski definition) is 4. The number of carbonyl (C=O) groups is 1. The van der Waals surface area contributed by atoms with Crippen LogP contribution in [0.25, 0.3) is 0 Å². The fourth-order valence-corrected chi connectivity index (χ4v) is 1.26. The van der Waals surface area contributed by atoms with Crippen molar-refractivity contribution in [2.45, 2.75) is 11.7 Å². The van der Waals surface area contributed by atoms with Crippen molar-refractivity contribution in [3.05, 3.63) is 35.9 Å². The Morgan fingerprint density at radius 1 is 1.26 bits per heavy atom. The molecule has 102 valence electrons. The van der Waals surface area contributed by atoms with Gasteiger partial charge in [0.15, 0.2) is 6.61 Å². The molecule has 0 aromatic heterocycles. The summed E-state index contributed by atoms with van der Waals surface area (Å²) >= 11 is 0. The molecule has 0 atom stereocenters. The monoisotopic (exact) mass is 304 g/mol. The van der Waals surface area contributed by atoms with E-state index in [-0.39, 0.29) is 36.0 Å². The zero-order valence-electron chi connectivity index (χ0n) is 9.05. The number of halogens is 2. The first-order chi connectivity index (χ1) is 8.22. The molecule has 9 heteroatoms. The minimum absolute atomic E-state index is 0. The molecule has 0 unspecified atom stereocenters. The van der Waals surface area contributed by atoms with Crippen molar-refractivity contribution in [1.29, 1.82) is 0 Å². The maximum absolute atomic E-state index is 12.7. The van der Waals surface area contributed by atoms with Crippen molar-refractivity contribution in [1.82, 2.24) is 0 Å². The Bertz CT molecular complexity index is 518. The predicted molar refractivity (Wildman–Crippen MR) is 64.7 cm³/mol. The second-order valence-electron chi connectivity index (χ2n) is 3.44. The van der Waals surface area contributed by atoms with E-state index in [1.165, 1.54) is 0 Å². The molecule has 0 bridgehead atoms.